The molecule has 0 aliphatic heterocycles. The molecule has 0 saturated heterocycles. The Balaban J connectivity index is 2.10. The maximum Gasteiger partial charge on any atom is 0.0334 e. The standard InChI is InChI=1S/C17H34N2/c1-3-15-8-7-12-17(14-18,13-11-15)19(4-2)16-9-5-6-10-16/h15-16H,3-14,18H2,1-2H3. The minimum absolute atomic E-state index is 0.327. The molecular weight excluding hydrogens is 232 g/mol. The third-order valence-electron chi connectivity index (χ3n) is 5.95. The molecule has 2 fully saturated rings. The van der Waals surface area contributed by atoms with Crippen molar-refractivity contribution in [2.24, 2.45) is 11.7 Å². The third kappa shape index (κ3) is 3.33. The molecule has 2 nitrogen and oxygen atoms in total. The first-order chi connectivity index (χ1) is 9.25. The van der Waals surface area contributed by atoms with Gasteiger partial charge >= 0.3 is 0 Å². The van der Waals surface area contributed by atoms with Crippen LogP contribution in [0.3, 0.4) is 0 Å². The van der Waals surface area contributed by atoms with Crippen molar-refractivity contribution in [1.82, 2.24) is 4.90 Å². The lowest BCUT2D eigenvalue weighted by molar-refractivity contribution is 0.0410. The maximum absolute atomic E-state index is 6.30. The van der Waals surface area contributed by atoms with Gasteiger partial charge in [-0.2, -0.15) is 0 Å². The lowest BCUT2D eigenvalue weighted by Gasteiger charge is -2.46. The molecule has 2 N–H and O–H groups in total. The molecule has 0 heterocycles. The van der Waals surface area contributed by atoms with Crippen LogP contribution < -0.4 is 5.73 Å². The molecule has 0 aromatic rings. The van der Waals surface area contributed by atoms with E-state index in [0.717, 1.165) is 18.5 Å². The highest BCUT2D eigenvalue weighted by Gasteiger charge is 2.40. The molecule has 0 aromatic carbocycles. The smallest absolute Gasteiger partial charge is 0.0334 e. The Labute approximate surface area is 120 Å². The van der Waals surface area contributed by atoms with Crippen molar-refractivity contribution in [3.05, 3.63) is 0 Å². The average molecular weight is 266 g/mol. The molecule has 0 spiro atoms. The van der Waals surface area contributed by atoms with E-state index < -0.39 is 0 Å². The molecule has 2 aliphatic rings. The number of rotatable bonds is 5. The maximum atomic E-state index is 6.30. The van der Waals surface area contributed by atoms with Crippen LogP contribution >= 0.6 is 0 Å². The second-order valence-corrected chi connectivity index (χ2v) is 6.86. The van der Waals surface area contributed by atoms with Crippen molar-refractivity contribution in [2.45, 2.75) is 89.6 Å². The predicted octanol–water partition coefficient (Wildman–Crippen LogP) is 3.94. The topological polar surface area (TPSA) is 29.3 Å². The van der Waals surface area contributed by atoms with Crippen molar-refractivity contribution >= 4 is 0 Å². The first kappa shape index (κ1) is 15.3. The van der Waals surface area contributed by atoms with E-state index in [0.29, 0.717) is 5.54 Å². The summed E-state index contributed by atoms with van der Waals surface area (Å²) in [6, 6.07) is 0.826. The van der Waals surface area contributed by atoms with E-state index in [1.54, 1.807) is 0 Å². The molecule has 0 aromatic heterocycles. The molecule has 0 bridgehead atoms. The van der Waals surface area contributed by atoms with Crippen molar-refractivity contribution in [2.75, 3.05) is 13.1 Å². The molecule has 2 saturated carbocycles. The van der Waals surface area contributed by atoms with Gasteiger partial charge in [0.25, 0.3) is 0 Å². The van der Waals surface area contributed by atoms with E-state index in [4.69, 9.17) is 5.73 Å². The quantitative estimate of drug-likeness (QED) is 0.764. The van der Waals surface area contributed by atoms with E-state index in [-0.39, 0.29) is 0 Å². The van der Waals surface area contributed by atoms with Crippen molar-refractivity contribution in [3.63, 3.8) is 0 Å². The van der Waals surface area contributed by atoms with Crippen molar-refractivity contribution in [1.29, 1.82) is 0 Å². The molecule has 2 rings (SSSR count). The summed E-state index contributed by atoms with van der Waals surface area (Å²) in [6.45, 7) is 6.76. The summed E-state index contributed by atoms with van der Waals surface area (Å²) < 4.78 is 0. The largest absolute Gasteiger partial charge is 0.329 e. The summed E-state index contributed by atoms with van der Waals surface area (Å²) in [5.41, 5.74) is 6.62. The zero-order valence-electron chi connectivity index (χ0n) is 13.2. The zero-order valence-corrected chi connectivity index (χ0v) is 13.2. The van der Waals surface area contributed by atoms with Crippen LogP contribution in [0, 0.1) is 5.92 Å². The van der Waals surface area contributed by atoms with E-state index in [1.807, 2.05) is 0 Å². The number of likely N-dealkylation sites (N-methyl/N-ethyl adjacent to an activating group) is 1. The second-order valence-electron chi connectivity index (χ2n) is 6.86. The van der Waals surface area contributed by atoms with Gasteiger partial charge in [0.15, 0.2) is 0 Å². The van der Waals surface area contributed by atoms with E-state index >= 15 is 0 Å². The molecular formula is C17H34N2. The first-order valence-corrected chi connectivity index (χ1v) is 8.72. The molecule has 0 radical (unpaired) electrons. The highest BCUT2D eigenvalue weighted by Crippen LogP contribution is 2.39. The minimum atomic E-state index is 0.327. The Morgan fingerprint density at radius 3 is 2.32 bits per heavy atom. The van der Waals surface area contributed by atoms with Crippen LogP contribution in [0.1, 0.15) is 78.1 Å². The van der Waals surface area contributed by atoms with Crippen LogP contribution in [0.5, 0.6) is 0 Å². The Kier molecular flexibility index (Phi) is 5.70. The molecule has 0 amide bonds. The summed E-state index contributed by atoms with van der Waals surface area (Å²) in [5, 5.41) is 0. The Bertz CT molecular complexity index is 260. The average Bonchev–Trinajstić information content (AvgIpc) is 2.87. The van der Waals surface area contributed by atoms with Crippen LogP contribution in [-0.2, 0) is 0 Å². The Morgan fingerprint density at radius 1 is 1.00 bits per heavy atom. The van der Waals surface area contributed by atoms with Gasteiger partial charge in [-0.3, -0.25) is 4.90 Å². The molecule has 2 atom stereocenters. The Hall–Kier alpha value is -0.0800. The summed E-state index contributed by atoms with van der Waals surface area (Å²) in [7, 11) is 0. The Morgan fingerprint density at radius 2 is 1.74 bits per heavy atom. The van der Waals surface area contributed by atoms with Crippen LogP contribution in [-0.4, -0.2) is 29.6 Å². The SMILES string of the molecule is CCC1CCCC(CN)(N(CC)C2CCCC2)CC1. The van der Waals surface area contributed by atoms with Gasteiger partial charge in [0, 0.05) is 18.1 Å². The molecule has 19 heavy (non-hydrogen) atoms. The molecule has 2 unspecified atom stereocenters. The minimum Gasteiger partial charge on any atom is -0.329 e. The van der Waals surface area contributed by atoms with Crippen molar-refractivity contribution < 1.29 is 0 Å². The zero-order chi connectivity index (χ0) is 13.7. The van der Waals surface area contributed by atoms with Crippen LogP contribution in [0.25, 0.3) is 0 Å². The molecule has 2 aliphatic carbocycles. The van der Waals surface area contributed by atoms with Gasteiger partial charge in [-0.15, -0.1) is 0 Å². The number of hydrogen-bond acceptors (Lipinski definition) is 2. The van der Waals surface area contributed by atoms with Crippen LogP contribution in [0.4, 0.5) is 0 Å². The van der Waals surface area contributed by atoms with Gasteiger partial charge in [0.05, 0.1) is 0 Å². The van der Waals surface area contributed by atoms with E-state index in [1.165, 1.54) is 70.8 Å². The molecule has 112 valence electrons. The summed E-state index contributed by atoms with van der Waals surface area (Å²) in [5.74, 6) is 0.954. The number of hydrogen-bond donors (Lipinski definition) is 1. The van der Waals surface area contributed by atoms with Crippen molar-refractivity contribution in [3.8, 4) is 0 Å². The fraction of sp³-hybridized carbons (Fsp3) is 1.00. The highest BCUT2D eigenvalue weighted by atomic mass is 15.2. The summed E-state index contributed by atoms with van der Waals surface area (Å²) in [6.07, 6.45) is 13.9. The lowest BCUT2D eigenvalue weighted by Crippen LogP contribution is -2.57. The van der Waals surface area contributed by atoms with E-state index in [9.17, 15) is 0 Å². The van der Waals surface area contributed by atoms with Crippen LogP contribution in [0.2, 0.25) is 0 Å². The monoisotopic (exact) mass is 266 g/mol. The van der Waals surface area contributed by atoms with Gasteiger partial charge in [-0.05, 0) is 44.6 Å². The predicted molar refractivity (Wildman–Crippen MR) is 83.3 cm³/mol. The number of nitrogens with two attached hydrogens (primary N) is 1. The van der Waals surface area contributed by atoms with E-state index in [2.05, 4.69) is 18.7 Å². The fourth-order valence-corrected chi connectivity index (χ4v) is 4.68. The van der Waals surface area contributed by atoms with Crippen LogP contribution in [0.15, 0.2) is 0 Å². The molecule has 2 heteroatoms. The first-order valence-electron chi connectivity index (χ1n) is 8.72. The summed E-state index contributed by atoms with van der Waals surface area (Å²) in [4.78, 5) is 2.82. The highest BCUT2D eigenvalue weighted by molar-refractivity contribution is 4.97. The lowest BCUT2D eigenvalue weighted by atomic mass is 9.85. The van der Waals surface area contributed by atoms with Gasteiger partial charge in [0.2, 0.25) is 0 Å². The summed E-state index contributed by atoms with van der Waals surface area (Å²) >= 11 is 0. The third-order valence-corrected chi connectivity index (χ3v) is 5.95. The van der Waals surface area contributed by atoms with Gasteiger partial charge < -0.3 is 5.73 Å². The van der Waals surface area contributed by atoms with Gasteiger partial charge in [0.1, 0.15) is 0 Å². The number of nitrogens with zero attached hydrogens (tertiary/aromatic N) is 1. The second kappa shape index (κ2) is 7.08. The normalized spacial score (nSPS) is 33.8. The van der Waals surface area contributed by atoms with Gasteiger partial charge in [-0.25, -0.2) is 0 Å². The van der Waals surface area contributed by atoms with Gasteiger partial charge in [-0.1, -0.05) is 46.0 Å². The fourth-order valence-electron chi connectivity index (χ4n) is 4.68.